The van der Waals surface area contributed by atoms with E-state index in [2.05, 4.69) is 10.6 Å². The van der Waals surface area contributed by atoms with E-state index in [0.717, 1.165) is 0 Å². The smallest absolute Gasteiger partial charge is 0.233 e. The molecule has 1 heterocycles. The molecule has 0 saturated carbocycles. The van der Waals surface area contributed by atoms with Gasteiger partial charge in [0.2, 0.25) is 11.8 Å². The van der Waals surface area contributed by atoms with E-state index in [-0.39, 0.29) is 18.2 Å². The molecule has 108 valence electrons. The highest BCUT2D eigenvalue weighted by Gasteiger charge is 2.31. The van der Waals surface area contributed by atoms with Gasteiger partial charge in [0.1, 0.15) is 5.75 Å². The van der Waals surface area contributed by atoms with E-state index in [1.54, 1.807) is 38.3 Å². The molecule has 0 fully saturated rings. The number of amides is 2. The fourth-order valence-electron chi connectivity index (χ4n) is 2.17. The lowest BCUT2D eigenvalue weighted by molar-refractivity contribution is -0.126. The van der Waals surface area contributed by atoms with Gasteiger partial charge in [-0.15, -0.1) is 0 Å². The maximum absolute atomic E-state index is 12.3. The van der Waals surface area contributed by atoms with E-state index in [4.69, 9.17) is 10.00 Å². The van der Waals surface area contributed by atoms with Crippen LogP contribution < -0.4 is 15.4 Å². The third-order valence-electron chi connectivity index (χ3n) is 3.26. The lowest BCUT2D eigenvalue weighted by Crippen LogP contribution is -2.37. The molecule has 0 saturated heterocycles. The van der Waals surface area contributed by atoms with Crippen LogP contribution in [0.2, 0.25) is 0 Å². The van der Waals surface area contributed by atoms with Gasteiger partial charge in [-0.1, -0.05) is 0 Å². The van der Waals surface area contributed by atoms with Crippen molar-refractivity contribution < 1.29 is 14.3 Å². The minimum Gasteiger partial charge on any atom is -0.497 e. The highest BCUT2D eigenvalue weighted by molar-refractivity contribution is 5.99. The molecule has 0 bridgehead atoms. The number of carbonyl (C=O) groups excluding carboxylic acids is 2. The molecule has 1 aliphatic heterocycles. The molecule has 2 amide bonds. The van der Waals surface area contributed by atoms with Crippen molar-refractivity contribution >= 4 is 17.5 Å². The van der Waals surface area contributed by atoms with E-state index in [1.165, 1.54) is 0 Å². The number of nitrogens with one attached hydrogen (secondary N) is 2. The van der Waals surface area contributed by atoms with Gasteiger partial charge in [0.15, 0.2) is 0 Å². The predicted molar refractivity (Wildman–Crippen MR) is 76.2 cm³/mol. The summed E-state index contributed by atoms with van der Waals surface area (Å²) in [6.07, 6.45) is -0.0256. The number of nitriles is 1. The van der Waals surface area contributed by atoms with Crippen molar-refractivity contribution in [2.45, 2.75) is 13.3 Å². The molecule has 0 aromatic heterocycles. The van der Waals surface area contributed by atoms with Crippen molar-refractivity contribution in [3.8, 4) is 11.8 Å². The Balaban J connectivity index is 2.17. The Labute approximate surface area is 122 Å². The summed E-state index contributed by atoms with van der Waals surface area (Å²) < 4.78 is 5.04. The van der Waals surface area contributed by atoms with Gasteiger partial charge in [-0.2, -0.15) is 5.26 Å². The molecule has 1 aromatic rings. The third-order valence-corrected chi connectivity index (χ3v) is 3.26. The fourth-order valence-corrected chi connectivity index (χ4v) is 2.17. The number of allylic oxidation sites excluding steroid dienone is 1. The van der Waals surface area contributed by atoms with Gasteiger partial charge in [-0.05, 0) is 31.2 Å². The first-order chi connectivity index (χ1) is 10.0. The van der Waals surface area contributed by atoms with Crippen LogP contribution in [0.4, 0.5) is 5.69 Å². The zero-order valence-electron chi connectivity index (χ0n) is 11.8. The summed E-state index contributed by atoms with van der Waals surface area (Å²) in [7, 11) is 1.56. The van der Waals surface area contributed by atoms with Crippen LogP contribution in [0.3, 0.4) is 0 Å². The molecule has 1 aliphatic rings. The molecule has 0 aliphatic carbocycles. The standard InChI is InChI=1S/C15H15N3O3/c1-9-13(8-16)12(7-14(19)17-9)15(20)18-10-3-5-11(21-2)6-4-10/h3-6,12H,7H2,1-2H3,(H,17,19)(H,18,20)/t12-/m1/s1. The average molecular weight is 285 g/mol. The normalized spacial score (nSPS) is 17.8. The minimum absolute atomic E-state index is 0.0256. The molecular weight excluding hydrogens is 270 g/mol. The summed E-state index contributed by atoms with van der Waals surface area (Å²) in [6.45, 7) is 1.61. The minimum atomic E-state index is -0.758. The van der Waals surface area contributed by atoms with Crippen LogP contribution in [-0.2, 0) is 9.59 Å². The van der Waals surface area contributed by atoms with Crippen LogP contribution in [0.25, 0.3) is 0 Å². The first-order valence-electron chi connectivity index (χ1n) is 6.40. The number of nitrogens with zero attached hydrogens (tertiary/aromatic N) is 1. The molecular formula is C15H15N3O3. The van der Waals surface area contributed by atoms with E-state index >= 15 is 0 Å². The highest BCUT2D eigenvalue weighted by Crippen LogP contribution is 2.24. The Hall–Kier alpha value is -2.81. The fraction of sp³-hybridized carbons (Fsp3) is 0.267. The average Bonchev–Trinajstić information content (AvgIpc) is 2.47. The predicted octanol–water partition coefficient (Wildman–Crippen LogP) is 1.57. The van der Waals surface area contributed by atoms with Crippen molar-refractivity contribution in [2.24, 2.45) is 5.92 Å². The van der Waals surface area contributed by atoms with E-state index in [9.17, 15) is 9.59 Å². The van der Waals surface area contributed by atoms with Crippen molar-refractivity contribution in [3.63, 3.8) is 0 Å². The van der Waals surface area contributed by atoms with Crippen molar-refractivity contribution in [2.75, 3.05) is 12.4 Å². The number of methoxy groups -OCH3 is 1. The van der Waals surface area contributed by atoms with Crippen molar-refractivity contribution in [1.29, 1.82) is 5.26 Å². The third kappa shape index (κ3) is 3.20. The van der Waals surface area contributed by atoms with Gasteiger partial charge in [0, 0.05) is 17.8 Å². The number of hydrogen-bond donors (Lipinski definition) is 2. The van der Waals surface area contributed by atoms with Gasteiger partial charge in [-0.3, -0.25) is 9.59 Å². The van der Waals surface area contributed by atoms with Crippen LogP contribution in [0.5, 0.6) is 5.75 Å². The zero-order valence-corrected chi connectivity index (χ0v) is 11.8. The Morgan fingerprint density at radius 2 is 2.10 bits per heavy atom. The van der Waals surface area contributed by atoms with Gasteiger partial charge >= 0.3 is 0 Å². The summed E-state index contributed by atoms with van der Waals surface area (Å²) >= 11 is 0. The van der Waals surface area contributed by atoms with Crippen LogP contribution in [-0.4, -0.2) is 18.9 Å². The Morgan fingerprint density at radius 1 is 1.43 bits per heavy atom. The monoisotopic (exact) mass is 285 g/mol. The Kier molecular flexibility index (Phi) is 4.24. The molecule has 2 rings (SSSR count). The van der Waals surface area contributed by atoms with Gasteiger partial charge in [0.05, 0.1) is 24.7 Å². The largest absolute Gasteiger partial charge is 0.497 e. The molecule has 1 atom stereocenters. The molecule has 21 heavy (non-hydrogen) atoms. The quantitative estimate of drug-likeness (QED) is 0.881. The first kappa shape index (κ1) is 14.6. The molecule has 2 N–H and O–H groups in total. The summed E-state index contributed by atoms with van der Waals surface area (Å²) in [6, 6.07) is 8.82. The molecule has 1 aromatic carbocycles. The number of anilines is 1. The topological polar surface area (TPSA) is 91.2 Å². The Bertz CT molecular complexity index is 641. The summed E-state index contributed by atoms with van der Waals surface area (Å²) in [5.41, 5.74) is 1.31. The number of hydrogen-bond acceptors (Lipinski definition) is 4. The van der Waals surface area contributed by atoms with E-state index < -0.39 is 5.92 Å². The highest BCUT2D eigenvalue weighted by atomic mass is 16.5. The van der Waals surface area contributed by atoms with Gasteiger partial charge in [-0.25, -0.2) is 0 Å². The maximum atomic E-state index is 12.3. The molecule has 0 unspecified atom stereocenters. The lowest BCUT2D eigenvalue weighted by atomic mass is 9.90. The number of benzene rings is 1. The second-order valence-corrected chi connectivity index (χ2v) is 4.67. The molecule has 0 spiro atoms. The maximum Gasteiger partial charge on any atom is 0.233 e. The van der Waals surface area contributed by atoms with Gasteiger partial charge in [0.25, 0.3) is 0 Å². The lowest BCUT2D eigenvalue weighted by Gasteiger charge is -2.22. The van der Waals surface area contributed by atoms with Gasteiger partial charge < -0.3 is 15.4 Å². The number of rotatable bonds is 3. The van der Waals surface area contributed by atoms with Crippen LogP contribution in [0.1, 0.15) is 13.3 Å². The van der Waals surface area contributed by atoms with Crippen molar-refractivity contribution in [1.82, 2.24) is 5.32 Å². The van der Waals surface area contributed by atoms with Crippen LogP contribution in [0, 0.1) is 17.2 Å². The van der Waals surface area contributed by atoms with Crippen LogP contribution >= 0.6 is 0 Å². The Morgan fingerprint density at radius 3 is 2.67 bits per heavy atom. The SMILES string of the molecule is COc1ccc(NC(=O)[C@@H]2CC(=O)NC(C)=C2C#N)cc1. The summed E-state index contributed by atoms with van der Waals surface area (Å²) in [5.74, 6) is -0.711. The molecule has 6 heteroatoms. The number of carbonyl (C=O) groups is 2. The second-order valence-electron chi connectivity index (χ2n) is 4.67. The summed E-state index contributed by atoms with van der Waals surface area (Å²) in [4.78, 5) is 23.8. The molecule has 0 radical (unpaired) electrons. The van der Waals surface area contributed by atoms with Crippen molar-refractivity contribution in [3.05, 3.63) is 35.5 Å². The van der Waals surface area contributed by atoms with E-state index in [0.29, 0.717) is 22.7 Å². The second kappa shape index (κ2) is 6.09. The van der Waals surface area contributed by atoms with Crippen LogP contribution in [0.15, 0.2) is 35.5 Å². The van der Waals surface area contributed by atoms with E-state index in [1.807, 2.05) is 6.07 Å². The molecule has 6 nitrogen and oxygen atoms in total. The zero-order chi connectivity index (χ0) is 15.4. The first-order valence-corrected chi connectivity index (χ1v) is 6.40. The number of ether oxygens (including phenoxy) is 1. The summed E-state index contributed by atoms with van der Waals surface area (Å²) in [5, 5.41) is 14.4.